The molecule has 4 N–H and O–H groups in total. The molecule has 25 heavy (non-hydrogen) atoms. The van der Waals surface area contributed by atoms with Crippen LogP contribution in [0.1, 0.15) is 17.5 Å². The highest BCUT2D eigenvalue weighted by molar-refractivity contribution is 9.10. The molecule has 0 saturated carbocycles. The number of guanidine groups is 1. The Bertz CT molecular complexity index is 731. The Balaban J connectivity index is 1.69. The summed E-state index contributed by atoms with van der Waals surface area (Å²) in [7, 11) is 0. The molecule has 2 rings (SSSR count). The Morgan fingerprint density at radius 3 is 2.68 bits per heavy atom. The lowest BCUT2D eigenvalue weighted by Crippen LogP contribution is -2.33. The predicted octanol–water partition coefficient (Wildman–Crippen LogP) is 3.23. The first-order valence-electron chi connectivity index (χ1n) is 8.18. The van der Waals surface area contributed by atoms with Crippen LogP contribution >= 0.6 is 15.9 Å². The summed E-state index contributed by atoms with van der Waals surface area (Å²) in [6.07, 6.45) is 1.16. The minimum atomic E-state index is -0.0775. The van der Waals surface area contributed by atoms with Crippen LogP contribution in [0, 0.1) is 6.92 Å². The summed E-state index contributed by atoms with van der Waals surface area (Å²) in [6, 6.07) is 15.9. The van der Waals surface area contributed by atoms with E-state index in [1.54, 1.807) is 0 Å². The van der Waals surface area contributed by atoms with Gasteiger partial charge < -0.3 is 16.4 Å². The standard InChI is InChI=1S/C19H23BrN4O/c1-14-13-16(20)7-8-17(14)24-18(25)10-12-23-19(21)22-11-9-15-5-3-2-4-6-15/h2-8,13H,9-12H2,1H3,(H,24,25)(H3,21,22,23). The van der Waals surface area contributed by atoms with E-state index in [1.165, 1.54) is 5.56 Å². The van der Waals surface area contributed by atoms with Crippen LogP contribution in [-0.4, -0.2) is 25.0 Å². The summed E-state index contributed by atoms with van der Waals surface area (Å²) in [5.74, 6) is 0.287. The zero-order valence-corrected chi connectivity index (χ0v) is 15.8. The molecule has 6 heteroatoms. The fourth-order valence-electron chi connectivity index (χ4n) is 2.29. The molecule has 0 heterocycles. The van der Waals surface area contributed by atoms with Crippen molar-refractivity contribution in [1.82, 2.24) is 5.32 Å². The van der Waals surface area contributed by atoms with Gasteiger partial charge in [0.15, 0.2) is 5.96 Å². The van der Waals surface area contributed by atoms with Gasteiger partial charge in [-0.1, -0.05) is 46.3 Å². The number of rotatable bonds is 7. The molecule has 0 aromatic heterocycles. The minimum absolute atomic E-state index is 0.0775. The third-order valence-electron chi connectivity index (χ3n) is 3.65. The number of amides is 1. The molecular formula is C19H23BrN4O. The normalized spacial score (nSPS) is 11.2. The quantitative estimate of drug-likeness (QED) is 0.491. The molecule has 132 valence electrons. The summed E-state index contributed by atoms with van der Waals surface area (Å²) in [5, 5.41) is 5.95. The van der Waals surface area contributed by atoms with E-state index < -0.39 is 0 Å². The Morgan fingerprint density at radius 1 is 1.20 bits per heavy atom. The topological polar surface area (TPSA) is 79.5 Å². The van der Waals surface area contributed by atoms with Crippen molar-refractivity contribution in [3.05, 3.63) is 64.1 Å². The van der Waals surface area contributed by atoms with Gasteiger partial charge in [-0.25, -0.2) is 0 Å². The van der Waals surface area contributed by atoms with Crippen LogP contribution in [0.25, 0.3) is 0 Å². The van der Waals surface area contributed by atoms with Crippen LogP contribution in [0.4, 0.5) is 5.69 Å². The monoisotopic (exact) mass is 402 g/mol. The number of hydrogen-bond acceptors (Lipinski definition) is 2. The largest absolute Gasteiger partial charge is 0.370 e. The maximum Gasteiger partial charge on any atom is 0.226 e. The van der Waals surface area contributed by atoms with Crippen molar-refractivity contribution < 1.29 is 4.79 Å². The second kappa shape index (κ2) is 9.84. The van der Waals surface area contributed by atoms with Crippen LogP contribution < -0.4 is 16.4 Å². The molecule has 0 aliphatic carbocycles. The van der Waals surface area contributed by atoms with Gasteiger partial charge in [0.25, 0.3) is 0 Å². The predicted molar refractivity (Wildman–Crippen MR) is 107 cm³/mol. The molecule has 0 fully saturated rings. The molecule has 0 radical (unpaired) electrons. The van der Waals surface area contributed by atoms with Crippen molar-refractivity contribution in [2.24, 2.45) is 10.7 Å². The number of nitrogens with two attached hydrogens (primary N) is 1. The lowest BCUT2D eigenvalue weighted by Gasteiger charge is -2.08. The molecule has 2 aromatic rings. The number of benzene rings is 2. The fraction of sp³-hybridized carbons (Fsp3) is 0.263. The van der Waals surface area contributed by atoms with Crippen molar-refractivity contribution >= 4 is 33.5 Å². The van der Waals surface area contributed by atoms with Crippen LogP contribution in [0.2, 0.25) is 0 Å². The van der Waals surface area contributed by atoms with Crippen molar-refractivity contribution in [3.63, 3.8) is 0 Å². The number of hydrogen-bond donors (Lipinski definition) is 3. The molecule has 0 bridgehead atoms. The summed E-state index contributed by atoms with van der Waals surface area (Å²) in [6.45, 7) is 3.02. The van der Waals surface area contributed by atoms with E-state index in [4.69, 9.17) is 5.73 Å². The molecule has 0 spiro atoms. The van der Waals surface area contributed by atoms with Crippen molar-refractivity contribution in [3.8, 4) is 0 Å². The van der Waals surface area contributed by atoms with Crippen LogP contribution in [0.3, 0.4) is 0 Å². The van der Waals surface area contributed by atoms with Crippen LogP contribution in [0.5, 0.6) is 0 Å². The van der Waals surface area contributed by atoms with Crippen LogP contribution in [0.15, 0.2) is 58.0 Å². The first-order chi connectivity index (χ1) is 12.0. The van der Waals surface area contributed by atoms with Crippen molar-refractivity contribution in [2.75, 3.05) is 18.4 Å². The number of carbonyl (C=O) groups is 1. The van der Waals surface area contributed by atoms with Gasteiger partial charge in [0.05, 0.1) is 6.54 Å². The summed E-state index contributed by atoms with van der Waals surface area (Å²) in [4.78, 5) is 16.2. The highest BCUT2D eigenvalue weighted by Gasteiger charge is 2.05. The average Bonchev–Trinajstić information content (AvgIpc) is 2.58. The number of anilines is 1. The first-order valence-corrected chi connectivity index (χ1v) is 8.97. The molecule has 0 saturated heterocycles. The van der Waals surface area contributed by atoms with Crippen molar-refractivity contribution in [2.45, 2.75) is 19.8 Å². The number of halogens is 1. The summed E-state index contributed by atoms with van der Waals surface area (Å²) >= 11 is 3.40. The van der Waals surface area contributed by atoms with E-state index in [0.717, 1.165) is 22.1 Å². The van der Waals surface area contributed by atoms with Gasteiger partial charge in [0.2, 0.25) is 5.91 Å². The highest BCUT2D eigenvalue weighted by Crippen LogP contribution is 2.20. The number of nitrogens with zero attached hydrogens (tertiary/aromatic N) is 1. The van der Waals surface area contributed by atoms with E-state index in [2.05, 4.69) is 43.7 Å². The second-order valence-electron chi connectivity index (χ2n) is 5.69. The Morgan fingerprint density at radius 2 is 1.96 bits per heavy atom. The number of aryl methyl sites for hydroxylation is 1. The van der Waals surface area contributed by atoms with Gasteiger partial charge in [-0.3, -0.25) is 9.79 Å². The molecule has 0 unspecified atom stereocenters. The molecule has 2 aromatic carbocycles. The van der Waals surface area contributed by atoms with E-state index >= 15 is 0 Å². The van der Waals surface area contributed by atoms with Gasteiger partial charge in [0, 0.05) is 23.1 Å². The lowest BCUT2D eigenvalue weighted by atomic mass is 10.1. The minimum Gasteiger partial charge on any atom is -0.370 e. The fourth-order valence-corrected chi connectivity index (χ4v) is 2.77. The molecule has 1 amide bonds. The van der Waals surface area contributed by atoms with E-state index in [1.807, 2.05) is 43.3 Å². The van der Waals surface area contributed by atoms with E-state index in [9.17, 15) is 4.79 Å². The van der Waals surface area contributed by atoms with Gasteiger partial charge >= 0.3 is 0 Å². The highest BCUT2D eigenvalue weighted by atomic mass is 79.9. The molecule has 0 atom stereocenters. The Kier molecular flexibility index (Phi) is 7.47. The Hall–Kier alpha value is -2.34. The number of nitrogens with one attached hydrogen (secondary N) is 2. The number of carbonyl (C=O) groups excluding carboxylic acids is 1. The molecule has 5 nitrogen and oxygen atoms in total. The third-order valence-corrected chi connectivity index (χ3v) is 4.14. The first kappa shape index (κ1) is 19.0. The van der Waals surface area contributed by atoms with Crippen LogP contribution in [-0.2, 0) is 11.2 Å². The third kappa shape index (κ3) is 6.97. The molecule has 0 aliphatic heterocycles. The SMILES string of the molecule is Cc1cc(Br)ccc1NC(=O)CCN=C(N)NCCc1ccccc1. The smallest absolute Gasteiger partial charge is 0.226 e. The maximum absolute atomic E-state index is 12.0. The zero-order valence-electron chi connectivity index (χ0n) is 14.3. The van der Waals surface area contributed by atoms with E-state index in [0.29, 0.717) is 19.0 Å². The van der Waals surface area contributed by atoms with Gasteiger partial charge in [0.1, 0.15) is 0 Å². The molecular weight excluding hydrogens is 380 g/mol. The number of aliphatic imine (C=N–C) groups is 1. The van der Waals surface area contributed by atoms with Crippen molar-refractivity contribution in [1.29, 1.82) is 0 Å². The maximum atomic E-state index is 12.0. The zero-order chi connectivity index (χ0) is 18.1. The van der Waals surface area contributed by atoms with E-state index in [-0.39, 0.29) is 12.3 Å². The van der Waals surface area contributed by atoms with Gasteiger partial charge in [-0.15, -0.1) is 0 Å². The summed E-state index contributed by atoms with van der Waals surface area (Å²) < 4.78 is 0.988. The van der Waals surface area contributed by atoms with Gasteiger partial charge in [-0.05, 0) is 42.7 Å². The second-order valence-corrected chi connectivity index (χ2v) is 6.60. The Labute approximate surface area is 156 Å². The summed E-state index contributed by atoms with van der Waals surface area (Å²) in [5.41, 5.74) is 8.88. The lowest BCUT2D eigenvalue weighted by molar-refractivity contribution is -0.116. The molecule has 0 aliphatic rings. The van der Waals surface area contributed by atoms with Gasteiger partial charge in [-0.2, -0.15) is 0 Å². The average molecular weight is 403 g/mol.